The molecule has 0 aliphatic rings. The number of hydrogen-bond donors (Lipinski definition) is 2. The minimum Gasteiger partial charge on any atom is -0.497 e. The summed E-state index contributed by atoms with van der Waals surface area (Å²) >= 11 is 0. The van der Waals surface area contributed by atoms with Gasteiger partial charge in [-0.15, -0.1) is 0 Å². The minimum absolute atomic E-state index is 0.570. The lowest BCUT2D eigenvalue weighted by Crippen LogP contribution is -2.10. The van der Waals surface area contributed by atoms with Gasteiger partial charge in [0.1, 0.15) is 11.5 Å². The molecule has 1 heterocycles. The molecule has 0 atom stereocenters. The van der Waals surface area contributed by atoms with Crippen LogP contribution in [0.4, 0.5) is 5.95 Å². The van der Waals surface area contributed by atoms with Crippen LogP contribution in [0.5, 0.6) is 17.2 Å². The molecule has 1 aromatic carbocycles. The van der Waals surface area contributed by atoms with Gasteiger partial charge in [-0.3, -0.25) is 0 Å². The van der Waals surface area contributed by atoms with E-state index in [1.807, 2.05) is 24.3 Å². The van der Waals surface area contributed by atoms with E-state index in [9.17, 15) is 0 Å². The number of aromatic nitrogens is 2. The second-order valence-electron chi connectivity index (χ2n) is 4.09. The van der Waals surface area contributed by atoms with Crippen LogP contribution in [0.25, 0.3) is 0 Å². The maximum atomic E-state index is 5.63. The molecule has 106 valence electrons. The van der Waals surface area contributed by atoms with E-state index in [-0.39, 0.29) is 0 Å². The Morgan fingerprint density at radius 2 is 1.70 bits per heavy atom. The summed E-state index contributed by atoms with van der Waals surface area (Å²) in [6.45, 7) is 1.40. The van der Waals surface area contributed by atoms with Crippen molar-refractivity contribution in [2.45, 2.75) is 6.42 Å². The fourth-order valence-electron chi connectivity index (χ4n) is 1.54. The molecule has 6 nitrogen and oxygen atoms in total. The van der Waals surface area contributed by atoms with Gasteiger partial charge in [-0.1, -0.05) is 0 Å². The molecule has 0 radical (unpaired) electrons. The Morgan fingerprint density at radius 3 is 2.30 bits per heavy atom. The number of benzene rings is 1. The smallest absolute Gasteiger partial charge is 0.222 e. The van der Waals surface area contributed by atoms with Crippen LogP contribution in [0, 0.1) is 0 Å². The van der Waals surface area contributed by atoms with E-state index in [1.54, 1.807) is 19.5 Å². The average molecular weight is 274 g/mol. The molecule has 1 aromatic heterocycles. The lowest BCUT2D eigenvalue weighted by atomic mass is 10.3. The molecule has 0 bridgehead atoms. The first-order valence-corrected chi connectivity index (χ1v) is 6.39. The summed E-state index contributed by atoms with van der Waals surface area (Å²) in [6, 6.07) is 7.32. The molecule has 2 rings (SSSR count). The fraction of sp³-hybridized carbons (Fsp3) is 0.286. The average Bonchev–Trinajstić information content (AvgIpc) is 2.50. The van der Waals surface area contributed by atoms with Gasteiger partial charge in [0.15, 0.2) is 5.75 Å². The van der Waals surface area contributed by atoms with Gasteiger partial charge in [0.25, 0.3) is 0 Å². The predicted molar refractivity (Wildman–Crippen MR) is 77.3 cm³/mol. The van der Waals surface area contributed by atoms with Crippen molar-refractivity contribution in [3.63, 3.8) is 0 Å². The summed E-state index contributed by atoms with van der Waals surface area (Å²) in [5.74, 6) is 2.64. The Balaban J connectivity index is 1.92. The van der Waals surface area contributed by atoms with Gasteiger partial charge in [0.05, 0.1) is 19.5 Å². The maximum Gasteiger partial charge on any atom is 0.222 e. The summed E-state index contributed by atoms with van der Waals surface area (Å²) in [4.78, 5) is 8.34. The zero-order valence-corrected chi connectivity index (χ0v) is 11.4. The summed E-state index contributed by atoms with van der Waals surface area (Å²) in [5, 5.41) is 3.08. The number of anilines is 1. The van der Waals surface area contributed by atoms with Crippen LogP contribution >= 0.6 is 0 Å². The second kappa shape index (κ2) is 7.30. The first-order valence-electron chi connectivity index (χ1n) is 6.39. The molecule has 0 fully saturated rings. The molecule has 0 spiro atoms. The predicted octanol–water partition coefficient (Wildman–Crippen LogP) is 2.04. The first-order chi connectivity index (χ1) is 9.81. The first kappa shape index (κ1) is 14.1. The largest absolute Gasteiger partial charge is 0.497 e. The lowest BCUT2D eigenvalue weighted by Gasteiger charge is -2.07. The standard InChI is InChI=1S/C14H18N4O2/c1-19-11-3-5-12(6-4-11)20-13-9-17-14(18-10-13)16-8-2-7-15/h3-6,9-10H,2,7-8,15H2,1H3,(H,16,17,18). The monoisotopic (exact) mass is 274 g/mol. The van der Waals surface area contributed by atoms with Crippen molar-refractivity contribution in [1.29, 1.82) is 0 Å². The topological polar surface area (TPSA) is 82.3 Å². The normalized spacial score (nSPS) is 10.1. The molecule has 3 N–H and O–H groups in total. The molecule has 0 saturated heterocycles. The van der Waals surface area contributed by atoms with Crippen molar-refractivity contribution >= 4 is 5.95 Å². The lowest BCUT2D eigenvalue weighted by molar-refractivity contribution is 0.412. The SMILES string of the molecule is COc1ccc(Oc2cnc(NCCCN)nc2)cc1. The number of nitrogens with one attached hydrogen (secondary N) is 1. The highest BCUT2D eigenvalue weighted by Crippen LogP contribution is 2.22. The summed E-state index contributed by atoms with van der Waals surface area (Å²) in [6.07, 6.45) is 4.14. The molecule has 20 heavy (non-hydrogen) atoms. The molecule has 0 aliphatic heterocycles. The van der Waals surface area contributed by atoms with Gasteiger partial charge >= 0.3 is 0 Å². The number of rotatable bonds is 7. The number of hydrogen-bond acceptors (Lipinski definition) is 6. The van der Waals surface area contributed by atoms with E-state index in [0.29, 0.717) is 24.0 Å². The Labute approximate surface area is 118 Å². The number of methoxy groups -OCH3 is 1. The van der Waals surface area contributed by atoms with Crippen LogP contribution < -0.4 is 20.5 Å². The van der Waals surface area contributed by atoms with E-state index in [4.69, 9.17) is 15.2 Å². The van der Waals surface area contributed by atoms with Gasteiger partial charge in [0.2, 0.25) is 5.95 Å². The van der Waals surface area contributed by atoms with Crippen LogP contribution in [0.15, 0.2) is 36.7 Å². The Bertz CT molecular complexity index is 514. The third-order valence-corrected chi connectivity index (χ3v) is 2.59. The van der Waals surface area contributed by atoms with Crippen LogP contribution in [0.3, 0.4) is 0 Å². The van der Waals surface area contributed by atoms with Gasteiger partial charge in [-0.25, -0.2) is 9.97 Å². The Kier molecular flexibility index (Phi) is 5.14. The zero-order chi connectivity index (χ0) is 14.2. The molecular weight excluding hydrogens is 256 g/mol. The van der Waals surface area contributed by atoms with Gasteiger partial charge in [-0.2, -0.15) is 0 Å². The van der Waals surface area contributed by atoms with Crippen molar-refractivity contribution in [3.05, 3.63) is 36.7 Å². The number of nitrogens with zero attached hydrogens (tertiary/aromatic N) is 2. The third kappa shape index (κ3) is 4.10. The van der Waals surface area contributed by atoms with Crippen LogP contribution in [0.1, 0.15) is 6.42 Å². The van der Waals surface area contributed by atoms with Crippen molar-refractivity contribution in [3.8, 4) is 17.2 Å². The molecular formula is C14H18N4O2. The van der Waals surface area contributed by atoms with Crippen molar-refractivity contribution < 1.29 is 9.47 Å². The second-order valence-corrected chi connectivity index (χ2v) is 4.09. The van der Waals surface area contributed by atoms with E-state index < -0.39 is 0 Å². The molecule has 6 heteroatoms. The summed E-state index contributed by atoms with van der Waals surface area (Å²) in [7, 11) is 1.63. The van der Waals surface area contributed by atoms with Crippen LogP contribution in [-0.2, 0) is 0 Å². The quantitative estimate of drug-likeness (QED) is 0.752. The van der Waals surface area contributed by atoms with E-state index in [2.05, 4.69) is 15.3 Å². The highest BCUT2D eigenvalue weighted by molar-refractivity contribution is 5.35. The molecule has 2 aromatic rings. The highest BCUT2D eigenvalue weighted by Gasteiger charge is 2.00. The van der Waals surface area contributed by atoms with Crippen LogP contribution in [0.2, 0.25) is 0 Å². The fourth-order valence-corrected chi connectivity index (χ4v) is 1.54. The van der Waals surface area contributed by atoms with Crippen molar-refractivity contribution in [2.24, 2.45) is 5.73 Å². The highest BCUT2D eigenvalue weighted by atomic mass is 16.5. The third-order valence-electron chi connectivity index (χ3n) is 2.59. The molecule has 0 unspecified atom stereocenters. The molecule has 0 saturated carbocycles. The molecule has 0 amide bonds. The molecule has 0 aliphatic carbocycles. The minimum atomic E-state index is 0.570. The van der Waals surface area contributed by atoms with Crippen molar-refractivity contribution in [1.82, 2.24) is 9.97 Å². The number of nitrogens with two attached hydrogens (primary N) is 1. The van der Waals surface area contributed by atoms with E-state index in [0.717, 1.165) is 18.7 Å². The Hall–Kier alpha value is -2.34. The zero-order valence-electron chi connectivity index (χ0n) is 11.4. The van der Waals surface area contributed by atoms with Gasteiger partial charge in [-0.05, 0) is 37.2 Å². The Morgan fingerprint density at radius 1 is 1.05 bits per heavy atom. The van der Waals surface area contributed by atoms with Crippen molar-refractivity contribution in [2.75, 3.05) is 25.5 Å². The van der Waals surface area contributed by atoms with Gasteiger partial charge < -0.3 is 20.5 Å². The maximum absolute atomic E-state index is 5.63. The van der Waals surface area contributed by atoms with Gasteiger partial charge in [0, 0.05) is 6.54 Å². The summed E-state index contributed by atoms with van der Waals surface area (Å²) in [5.41, 5.74) is 5.41. The van der Waals surface area contributed by atoms with Crippen LogP contribution in [-0.4, -0.2) is 30.2 Å². The summed E-state index contributed by atoms with van der Waals surface area (Å²) < 4.78 is 10.7. The number of ether oxygens (including phenoxy) is 2. The van der Waals surface area contributed by atoms with E-state index in [1.165, 1.54) is 0 Å². The van der Waals surface area contributed by atoms with E-state index >= 15 is 0 Å².